The minimum atomic E-state index is -0.107. The van der Waals surface area contributed by atoms with Gasteiger partial charge in [0.15, 0.2) is 0 Å². The van der Waals surface area contributed by atoms with Crippen LogP contribution in [0.15, 0.2) is 151 Å². The van der Waals surface area contributed by atoms with Crippen LogP contribution in [0.1, 0.15) is 120 Å². The van der Waals surface area contributed by atoms with Crippen LogP contribution in [0.2, 0.25) is 10.0 Å². The van der Waals surface area contributed by atoms with Gasteiger partial charge in [-0.2, -0.15) is 0 Å². The van der Waals surface area contributed by atoms with E-state index in [4.69, 9.17) is 32.7 Å². The molecule has 0 spiro atoms. The Kier molecular flexibility index (Phi) is 28.3. The van der Waals surface area contributed by atoms with Crippen molar-refractivity contribution in [3.63, 3.8) is 0 Å². The second-order valence-corrected chi connectivity index (χ2v) is 20.3. The molecule has 8 nitrogen and oxygen atoms in total. The van der Waals surface area contributed by atoms with Crippen molar-refractivity contribution in [2.24, 2.45) is 5.92 Å². The summed E-state index contributed by atoms with van der Waals surface area (Å²) in [5.41, 5.74) is 10.2. The number of hydrogen-bond donors (Lipinski definition) is 2. The number of nitrogens with zero attached hydrogens (tertiary/aromatic N) is 2. The molecule has 8 rings (SSSR count). The van der Waals surface area contributed by atoms with E-state index in [1.165, 1.54) is 39.0 Å². The molecule has 0 atom stereocenters. The van der Waals surface area contributed by atoms with Crippen LogP contribution in [0.5, 0.6) is 11.5 Å². The smallest absolute Gasteiger partial charge is 0.251 e. The quantitative estimate of drug-likeness (QED) is 0.0552. The molecule has 0 heterocycles. The van der Waals surface area contributed by atoms with E-state index in [9.17, 15) is 9.59 Å². The minimum Gasteiger partial charge on any atom is -0.489 e. The van der Waals surface area contributed by atoms with Crippen LogP contribution in [0.3, 0.4) is 0 Å². The van der Waals surface area contributed by atoms with Gasteiger partial charge in [0.05, 0.1) is 22.3 Å². The zero-order valence-electron chi connectivity index (χ0n) is 45.3. The number of nitrogens with one attached hydrogen (secondary N) is 2. The third-order valence-electron chi connectivity index (χ3n) is 14.5. The normalized spacial score (nSPS) is 15.8. The fraction of sp³-hybridized carbons (Fsp3) is 0.379. The van der Waals surface area contributed by atoms with Gasteiger partial charge in [0, 0.05) is 59.2 Å². The second kappa shape index (κ2) is 33.9. The van der Waals surface area contributed by atoms with E-state index >= 15 is 0 Å². The van der Waals surface area contributed by atoms with Crippen LogP contribution in [0, 0.1) is 13.3 Å². The number of halogens is 2. The summed E-state index contributed by atoms with van der Waals surface area (Å²) < 4.78 is 12.5. The first kappa shape index (κ1) is 64.3. The molecular formula is C66H85Cl2N4O4Pd-. The van der Waals surface area contributed by atoms with Gasteiger partial charge >= 0.3 is 0 Å². The van der Waals surface area contributed by atoms with Crippen molar-refractivity contribution in [1.82, 2.24) is 20.4 Å². The van der Waals surface area contributed by atoms with Gasteiger partial charge in [0.2, 0.25) is 0 Å². The number of carbonyl (C=O) groups excluding carboxylic acids is 2. The van der Waals surface area contributed by atoms with Crippen molar-refractivity contribution in [2.75, 3.05) is 52.4 Å². The second-order valence-electron chi connectivity index (χ2n) is 19.5. The van der Waals surface area contributed by atoms with E-state index in [0.717, 1.165) is 97.1 Å². The van der Waals surface area contributed by atoms with E-state index in [2.05, 4.69) is 157 Å². The average molecular weight is 1180 g/mol. The van der Waals surface area contributed by atoms with Crippen LogP contribution in [0.4, 0.5) is 0 Å². The van der Waals surface area contributed by atoms with Gasteiger partial charge in [-0.05, 0) is 160 Å². The molecule has 2 amide bonds. The summed E-state index contributed by atoms with van der Waals surface area (Å²) in [7, 11) is 0. The first-order valence-corrected chi connectivity index (χ1v) is 27.8. The first-order chi connectivity index (χ1) is 36.1. The van der Waals surface area contributed by atoms with Crippen molar-refractivity contribution in [2.45, 2.75) is 105 Å². The summed E-state index contributed by atoms with van der Waals surface area (Å²) in [6.45, 7) is 15.3. The predicted molar refractivity (Wildman–Crippen MR) is 323 cm³/mol. The SMILES string of the molecule is C.CCN(CC)CCNC(=O)c1ccc(OC2CCC(=Cc3ccc(-c4ccccc4)cc3)CC2)c(Cl)c1.CCN(CC)CCNC(=O)c1ccc(OC2CCC(Cc3ccc(-c4ccccc4)cc3)CC2)c(Cl)c1.[CH3-].[HH].[Pd]. The summed E-state index contributed by atoms with van der Waals surface area (Å²) in [6, 6.07) is 49.4. The third-order valence-corrected chi connectivity index (χ3v) is 15.1. The summed E-state index contributed by atoms with van der Waals surface area (Å²) in [5, 5.41) is 6.94. The number of ether oxygens (including phenoxy) is 2. The van der Waals surface area contributed by atoms with E-state index in [1.54, 1.807) is 24.3 Å². The standard InChI is InChI=1S/C32H39ClN2O2.C32H37ClN2O2.CH4.CH3.Pd.H2/c2*1-3-35(4-2)21-20-34-32(36)28-16-19-31(30(33)23-28)37-29-17-12-25(13-18-29)22-24-10-14-27(15-11-24)26-8-6-5-7-9-26;;;;/h5-11,14-16,19,23,25,29H,3-4,12-13,17-18,20-22H2,1-2H3,(H,34,36);5-11,14-16,19,22-23,29H,3-4,12-13,17-18,20-21H2,1-2H3,(H,34,36);1H4;1H3;;1H/q;;;-1;;. The Balaban J connectivity index is 0.000000390. The van der Waals surface area contributed by atoms with Crippen LogP contribution in [-0.2, 0) is 26.8 Å². The molecule has 6 aromatic rings. The Morgan fingerprint density at radius 2 is 0.961 bits per heavy atom. The number of carbonyl (C=O) groups is 2. The Morgan fingerprint density at radius 1 is 0.558 bits per heavy atom. The van der Waals surface area contributed by atoms with E-state index in [0.29, 0.717) is 51.7 Å². The van der Waals surface area contributed by atoms with Crippen molar-refractivity contribution in [1.29, 1.82) is 0 Å². The molecule has 0 aromatic heterocycles. The maximum atomic E-state index is 12.5. The molecule has 2 aliphatic carbocycles. The Morgan fingerprint density at radius 3 is 1.38 bits per heavy atom. The molecular weight excluding hydrogens is 1090 g/mol. The zero-order valence-corrected chi connectivity index (χ0v) is 48.4. The van der Waals surface area contributed by atoms with Crippen molar-refractivity contribution < 1.29 is 40.9 Å². The van der Waals surface area contributed by atoms with Gasteiger partial charge in [-0.15, -0.1) is 0 Å². The summed E-state index contributed by atoms with van der Waals surface area (Å²) in [6.07, 6.45) is 12.0. The molecule has 77 heavy (non-hydrogen) atoms. The average Bonchev–Trinajstić information content (AvgIpc) is 3.45. The predicted octanol–water partition coefficient (Wildman–Crippen LogP) is 16.1. The summed E-state index contributed by atoms with van der Waals surface area (Å²) in [4.78, 5) is 29.6. The Bertz CT molecular complexity index is 2690. The summed E-state index contributed by atoms with van der Waals surface area (Å²) in [5.74, 6) is 1.79. The minimum absolute atomic E-state index is 0. The molecule has 418 valence electrons. The van der Waals surface area contributed by atoms with Crippen LogP contribution >= 0.6 is 23.2 Å². The van der Waals surface area contributed by atoms with Crippen molar-refractivity contribution in [3.8, 4) is 33.8 Å². The largest absolute Gasteiger partial charge is 0.489 e. The van der Waals surface area contributed by atoms with E-state index < -0.39 is 0 Å². The van der Waals surface area contributed by atoms with Crippen LogP contribution < -0.4 is 20.1 Å². The van der Waals surface area contributed by atoms with Gasteiger partial charge in [-0.25, -0.2) is 0 Å². The molecule has 2 aliphatic rings. The molecule has 11 heteroatoms. The molecule has 0 radical (unpaired) electrons. The number of hydrogen-bond acceptors (Lipinski definition) is 6. The third kappa shape index (κ3) is 20.2. The van der Waals surface area contributed by atoms with Gasteiger partial charge in [-0.1, -0.05) is 179 Å². The zero-order chi connectivity index (χ0) is 52.1. The molecule has 6 aromatic carbocycles. The van der Waals surface area contributed by atoms with Crippen LogP contribution in [-0.4, -0.2) is 86.2 Å². The molecule has 2 fully saturated rings. The molecule has 2 N–H and O–H groups in total. The molecule has 0 saturated heterocycles. The van der Waals surface area contributed by atoms with Gasteiger partial charge in [0.1, 0.15) is 11.5 Å². The van der Waals surface area contributed by atoms with E-state index in [-0.39, 0.29) is 60.7 Å². The topological polar surface area (TPSA) is 83.1 Å². The van der Waals surface area contributed by atoms with Crippen molar-refractivity contribution >= 4 is 41.1 Å². The maximum absolute atomic E-state index is 12.5. The fourth-order valence-electron chi connectivity index (χ4n) is 9.89. The number of amides is 2. The fourth-order valence-corrected chi connectivity index (χ4v) is 10.3. The van der Waals surface area contributed by atoms with E-state index in [1.807, 2.05) is 18.2 Å². The molecule has 0 aliphatic heterocycles. The molecule has 2 saturated carbocycles. The number of benzene rings is 6. The van der Waals surface area contributed by atoms with Gasteiger partial charge in [0.25, 0.3) is 11.8 Å². The van der Waals surface area contributed by atoms with Gasteiger partial charge < -0.3 is 37.3 Å². The van der Waals surface area contributed by atoms with Crippen LogP contribution in [0.25, 0.3) is 28.3 Å². The Labute approximate surface area is 487 Å². The maximum Gasteiger partial charge on any atom is 0.251 e. The van der Waals surface area contributed by atoms with Crippen molar-refractivity contribution in [3.05, 3.63) is 191 Å². The monoisotopic (exact) mass is 1170 g/mol. The molecule has 0 bridgehead atoms. The number of allylic oxidation sites excluding steroid dienone is 1. The van der Waals surface area contributed by atoms with Gasteiger partial charge in [-0.3, -0.25) is 9.59 Å². The summed E-state index contributed by atoms with van der Waals surface area (Å²) >= 11 is 13.0. The molecule has 0 unspecified atom stereocenters. The first-order valence-electron chi connectivity index (χ1n) is 27.0. The number of likely N-dealkylation sites (N-methyl/N-ethyl adjacent to an activating group) is 2. The number of rotatable bonds is 21. The Hall–Kier alpha value is -5.24.